The van der Waals surface area contributed by atoms with E-state index in [1.807, 2.05) is 48.2 Å². The van der Waals surface area contributed by atoms with Crippen LogP contribution in [0.5, 0.6) is 5.75 Å². The number of hydrogen-bond acceptors (Lipinski definition) is 5. The molecule has 2 fully saturated rings. The van der Waals surface area contributed by atoms with Crippen LogP contribution in [0.1, 0.15) is 88.3 Å². The van der Waals surface area contributed by atoms with E-state index in [-0.39, 0.29) is 36.2 Å². The fourth-order valence-electron chi connectivity index (χ4n) is 7.32. The highest BCUT2D eigenvalue weighted by Crippen LogP contribution is 2.56. The van der Waals surface area contributed by atoms with E-state index in [1.54, 1.807) is 0 Å². The number of rotatable bonds is 10. The van der Waals surface area contributed by atoms with E-state index in [0.29, 0.717) is 19.1 Å². The van der Waals surface area contributed by atoms with E-state index >= 15 is 0 Å². The van der Waals surface area contributed by atoms with Crippen molar-refractivity contribution in [2.45, 2.75) is 96.1 Å². The predicted octanol–water partition coefficient (Wildman–Crippen LogP) is 7.18. The number of nitrogens with zero attached hydrogens (tertiary/aromatic N) is 1. The van der Waals surface area contributed by atoms with Crippen LogP contribution in [-0.4, -0.2) is 36.3 Å². The molecule has 3 aliphatic rings. The summed E-state index contributed by atoms with van der Waals surface area (Å²) >= 11 is 0. The lowest BCUT2D eigenvalue weighted by atomic mass is 9.52. The Morgan fingerprint density at radius 1 is 1.05 bits per heavy atom. The molecule has 1 saturated carbocycles. The number of hydrogen-bond donors (Lipinski definition) is 0. The van der Waals surface area contributed by atoms with Crippen molar-refractivity contribution >= 4 is 12.1 Å². The molecule has 1 aliphatic heterocycles. The molecule has 6 heteroatoms. The molecular formula is C33H43NO5. The summed E-state index contributed by atoms with van der Waals surface area (Å²) in [5, 5.41) is 0. The molecule has 4 atom stereocenters. The van der Waals surface area contributed by atoms with Crippen molar-refractivity contribution in [1.82, 2.24) is 4.90 Å². The molecule has 0 aromatic heterocycles. The standard InChI is InChI=1S/C33H43NO5/c1-3-5-13-25(4-2)31(35)39-23-38-27-16-15-26-20-30-28-14-9-10-17-33(28,29(26)21-27)18-19-34(30)32(36)37-22-24-11-7-6-8-12-24/h6-8,11-12,15-16,21,25,28,30H,3-5,9-10,13-14,17-20,22-23H2,1-2H3/t25?,28-,30+,33-/m1/s1. The monoisotopic (exact) mass is 533 g/mol. The van der Waals surface area contributed by atoms with Crippen LogP contribution in [0.25, 0.3) is 0 Å². The summed E-state index contributed by atoms with van der Waals surface area (Å²) in [7, 11) is 0. The number of esters is 1. The molecule has 0 radical (unpaired) electrons. The van der Waals surface area contributed by atoms with Crippen LogP contribution in [0, 0.1) is 11.8 Å². The van der Waals surface area contributed by atoms with Crippen LogP contribution < -0.4 is 4.74 Å². The van der Waals surface area contributed by atoms with Crippen LogP contribution >= 0.6 is 0 Å². The summed E-state index contributed by atoms with van der Waals surface area (Å²) in [6.45, 7) is 5.14. The molecule has 0 N–H and O–H groups in total. The van der Waals surface area contributed by atoms with E-state index in [1.165, 1.54) is 24.0 Å². The molecule has 2 aliphatic carbocycles. The van der Waals surface area contributed by atoms with Crippen LogP contribution in [0.3, 0.4) is 0 Å². The molecular weight excluding hydrogens is 490 g/mol. The van der Waals surface area contributed by atoms with Crippen LogP contribution in [-0.2, 0) is 32.7 Å². The fourth-order valence-corrected chi connectivity index (χ4v) is 7.32. The minimum atomic E-state index is -0.197. The van der Waals surface area contributed by atoms with E-state index in [0.717, 1.165) is 62.7 Å². The fraction of sp³-hybridized carbons (Fsp3) is 0.576. The Morgan fingerprint density at radius 3 is 2.69 bits per heavy atom. The molecule has 2 aromatic rings. The van der Waals surface area contributed by atoms with E-state index in [4.69, 9.17) is 14.2 Å². The molecule has 2 bridgehead atoms. The van der Waals surface area contributed by atoms with E-state index in [9.17, 15) is 9.59 Å². The lowest BCUT2D eigenvalue weighted by Crippen LogP contribution is -2.62. The van der Waals surface area contributed by atoms with Crippen LogP contribution in [0.2, 0.25) is 0 Å². The number of ether oxygens (including phenoxy) is 3. The van der Waals surface area contributed by atoms with Crippen molar-refractivity contribution in [1.29, 1.82) is 0 Å². The van der Waals surface area contributed by atoms with Crippen molar-refractivity contribution in [3.8, 4) is 5.75 Å². The quantitative estimate of drug-likeness (QED) is 0.239. The second kappa shape index (κ2) is 12.4. The Morgan fingerprint density at radius 2 is 1.90 bits per heavy atom. The number of fused-ring (bicyclic) bond motifs is 1. The summed E-state index contributed by atoms with van der Waals surface area (Å²) < 4.78 is 17.2. The first kappa shape index (κ1) is 27.5. The first-order valence-electron chi connectivity index (χ1n) is 15.0. The second-order valence-electron chi connectivity index (χ2n) is 11.6. The maximum atomic E-state index is 13.3. The average Bonchev–Trinajstić information content (AvgIpc) is 2.97. The Bertz CT molecular complexity index is 1130. The number of likely N-dealkylation sites (tertiary alicyclic amines) is 1. The zero-order chi connectivity index (χ0) is 27.2. The number of benzene rings is 2. The van der Waals surface area contributed by atoms with Crippen molar-refractivity contribution in [3.05, 3.63) is 65.2 Å². The Hall–Kier alpha value is -3.02. The zero-order valence-electron chi connectivity index (χ0n) is 23.5. The third kappa shape index (κ3) is 5.80. The van der Waals surface area contributed by atoms with Crippen molar-refractivity contribution in [3.63, 3.8) is 0 Å². The first-order chi connectivity index (χ1) is 19.1. The molecule has 0 spiro atoms. The lowest BCUT2D eigenvalue weighted by molar-refractivity contribution is -0.155. The summed E-state index contributed by atoms with van der Waals surface area (Å²) in [6, 6.07) is 16.4. The van der Waals surface area contributed by atoms with Gasteiger partial charge >= 0.3 is 12.1 Å². The van der Waals surface area contributed by atoms with Gasteiger partial charge in [-0.3, -0.25) is 4.79 Å². The Labute approximate surface area is 233 Å². The molecule has 210 valence electrons. The summed E-state index contributed by atoms with van der Waals surface area (Å²) in [6.07, 6.45) is 10.0. The highest BCUT2D eigenvalue weighted by Gasteiger charge is 2.55. The van der Waals surface area contributed by atoms with Gasteiger partial charge in [-0.1, -0.05) is 75.9 Å². The SMILES string of the molecule is CCCCC(CC)C(=O)OCOc1ccc2c(c1)[C@@]13CCCC[C@@H]1[C@H](C2)N(C(=O)OCc1ccccc1)CC3. The molecule has 1 unspecified atom stereocenters. The Balaban J connectivity index is 1.27. The van der Waals surface area contributed by atoms with E-state index < -0.39 is 0 Å². The largest absolute Gasteiger partial charge is 0.457 e. The Kier molecular flexibility index (Phi) is 8.79. The minimum Gasteiger partial charge on any atom is -0.457 e. The average molecular weight is 534 g/mol. The second-order valence-corrected chi connectivity index (χ2v) is 11.6. The molecule has 39 heavy (non-hydrogen) atoms. The lowest BCUT2D eigenvalue weighted by Gasteiger charge is -2.58. The van der Waals surface area contributed by atoms with Crippen LogP contribution in [0.15, 0.2) is 48.5 Å². The van der Waals surface area contributed by atoms with Crippen LogP contribution in [0.4, 0.5) is 4.79 Å². The summed E-state index contributed by atoms with van der Waals surface area (Å²) in [4.78, 5) is 27.8. The van der Waals surface area contributed by atoms with Gasteiger partial charge in [0.1, 0.15) is 12.4 Å². The maximum absolute atomic E-state index is 13.3. The molecule has 1 saturated heterocycles. The van der Waals surface area contributed by atoms with Gasteiger partial charge in [0.25, 0.3) is 0 Å². The van der Waals surface area contributed by atoms with Crippen molar-refractivity contribution in [2.75, 3.05) is 13.3 Å². The van der Waals surface area contributed by atoms with Gasteiger partial charge in [-0.25, -0.2) is 4.79 Å². The van der Waals surface area contributed by atoms with Gasteiger partial charge in [-0.2, -0.15) is 0 Å². The number of piperidine rings is 1. The van der Waals surface area contributed by atoms with Gasteiger partial charge < -0.3 is 19.1 Å². The smallest absolute Gasteiger partial charge is 0.410 e. The molecule has 2 aromatic carbocycles. The van der Waals surface area contributed by atoms with Gasteiger partial charge in [0, 0.05) is 18.0 Å². The van der Waals surface area contributed by atoms with Gasteiger partial charge in [-0.05, 0) is 73.3 Å². The summed E-state index contributed by atoms with van der Waals surface area (Å²) in [5.41, 5.74) is 3.75. The topological polar surface area (TPSA) is 65.1 Å². The molecule has 1 amide bonds. The predicted molar refractivity (Wildman–Crippen MR) is 150 cm³/mol. The normalized spacial score (nSPS) is 24.2. The number of amides is 1. The highest BCUT2D eigenvalue weighted by atomic mass is 16.7. The summed E-state index contributed by atoms with van der Waals surface area (Å²) in [5.74, 6) is 0.961. The first-order valence-corrected chi connectivity index (χ1v) is 15.0. The molecule has 6 nitrogen and oxygen atoms in total. The highest BCUT2D eigenvalue weighted by molar-refractivity contribution is 5.72. The minimum absolute atomic E-state index is 0.0551. The molecule has 1 heterocycles. The third-order valence-electron chi connectivity index (χ3n) is 9.41. The van der Waals surface area contributed by atoms with Gasteiger partial charge in [0.05, 0.1) is 5.92 Å². The number of carbonyl (C=O) groups is 2. The van der Waals surface area contributed by atoms with Crippen molar-refractivity contribution < 1.29 is 23.8 Å². The maximum Gasteiger partial charge on any atom is 0.410 e. The van der Waals surface area contributed by atoms with Gasteiger partial charge in [0.15, 0.2) is 0 Å². The van der Waals surface area contributed by atoms with Crippen molar-refractivity contribution in [2.24, 2.45) is 11.8 Å². The van der Waals surface area contributed by atoms with Gasteiger partial charge in [0.2, 0.25) is 6.79 Å². The third-order valence-corrected chi connectivity index (χ3v) is 9.41. The number of carbonyl (C=O) groups excluding carboxylic acids is 2. The number of unbranched alkanes of at least 4 members (excludes halogenated alkanes) is 1. The zero-order valence-corrected chi connectivity index (χ0v) is 23.5. The van der Waals surface area contributed by atoms with Gasteiger partial charge in [-0.15, -0.1) is 0 Å². The van der Waals surface area contributed by atoms with E-state index in [2.05, 4.69) is 19.1 Å². The molecule has 5 rings (SSSR count).